The van der Waals surface area contributed by atoms with E-state index in [9.17, 15) is 5.11 Å². The highest BCUT2D eigenvalue weighted by atomic mass is 16.3. The fourth-order valence-corrected chi connectivity index (χ4v) is 1.99. The van der Waals surface area contributed by atoms with E-state index >= 15 is 0 Å². The lowest BCUT2D eigenvalue weighted by Crippen LogP contribution is -2.42. The van der Waals surface area contributed by atoms with Crippen molar-refractivity contribution in [3.05, 3.63) is 17.1 Å². The summed E-state index contributed by atoms with van der Waals surface area (Å²) in [4.78, 5) is 4.72. The molecule has 0 amide bonds. The summed E-state index contributed by atoms with van der Waals surface area (Å²) in [5.41, 5.74) is 0. The summed E-state index contributed by atoms with van der Waals surface area (Å²) in [6.07, 6.45) is 4.43. The van der Waals surface area contributed by atoms with Crippen LogP contribution in [0.15, 0.2) is 12.1 Å². The maximum Gasteiger partial charge on any atom is 0.409 e. The van der Waals surface area contributed by atoms with Crippen LogP contribution in [0.4, 0.5) is 0 Å². The van der Waals surface area contributed by atoms with Gasteiger partial charge in [0.15, 0.2) is 4.98 Å². The zero-order chi connectivity index (χ0) is 9.84. The number of likely N-dealkylation sites (tertiary alicyclic amines) is 1. The Balaban J connectivity index is 2.75. The molecule has 1 aliphatic rings. The molecular weight excluding hydrogens is 166 g/mol. The lowest BCUT2D eigenvalue weighted by atomic mass is 9.98. The van der Waals surface area contributed by atoms with E-state index in [-0.39, 0.29) is 5.88 Å². The van der Waals surface area contributed by atoms with Crippen molar-refractivity contribution < 1.29 is 5.11 Å². The molecule has 0 aromatic carbocycles. The van der Waals surface area contributed by atoms with Gasteiger partial charge in [0.2, 0.25) is 5.39 Å². The van der Waals surface area contributed by atoms with Crippen LogP contribution in [0.25, 0.3) is 4.98 Å². The van der Waals surface area contributed by atoms with Crippen molar-refractivity contribution in [2.24, 2.45) is 0 Å². The molecule has 0 aromatic rings. The van der Waals surface area contributed by atoms with Gasteiger partial charge in [-0.25, -0.2) is 0 Å². The van der Waals surface area contributed by atoms with E-state index < -0.39 is 0 Å². The average molecular weight is 182 g/mol. The fraction of sp³-hybridized carbons (Fsp3) is 0.778. The Morgan fingerprint density at radius 1 is 1.46 bits per heavy atom. The zero-order valence-electron chi connectivity index (χ0n) is 8.14. The highest BCUT2D eigenvalue weighted by Gasteiger charge is 2.27. The fourth-order valence-electron chi connectivity index (χ4n) is 1.99. The number of hydrogen-bond acceptors (Lipinski definition) is 3. The predicted octanol–water partition coefficient (Wildman–Crippen LogP) is 2.46. The number of rotatable bonds is 1. The molecule has 0 unspecified atom stereocenters. The highest BCUT2D eigenvalue weighted by molar-refractivity contribution is 5.00. The van der Waals surface area contributed by atoms with E-state index in [1.54, 1.807) is 0 Å². The van der Waals surface area contributed by atoms with E-state index in [2.05, 4.69) is 18.8 Å². The topological polar surface area (TPSA) is 51.6 Å². The number of aliphatic hydroxyl groups is 1. The van der Waals surface area contributed by atoms with Crippen molar-refractivity contribution in [2.45, 2.75) is 45.2 Å². The number of piperidine rings is 1. The van der Waals surface area contributed by atoms with Gasteiger partial charge in [0.1, 0.15) is 0 Å². The monoisotopic (exact) mass is 182 g/mol. The van der Waals surface area contributed by atoms with Gasteiger partial charge in [-0.1, -0.05) is 0 Å². The Morgan fingerprint density at radius 2 is 2.00 bits per heavy atom. The van der Waals surface area contributed by atoms with Crippen LogP contribution in [-0.2, 0) is 0 Å². The van der Waals surface area contributed by atoms with Crippen LogP contribution in [0, 0.1) is 5.39 Å². The lowest BCUT2D eigenvalue weighted by molar-refractivity contribution is 0.0814. The van der Waals surface area contributed by atoms with E-state index in [4.69, 9.17) is 5.39 Å². The summed E-state index contributed by atoms with van der Waals surface area (Å²) < 4.78 is 0. The van der Waals surface area contributed by atoms with E-state index in [1.165, 1.54) is 6.42 Å². The summed E-state index contributed by atoms with van der Waals surface area (Å²) in [5.74, 6) is 0.0576. The summed E-state index contributed by atoms with van der Waals surface area (Å²) in [6, 6.07) is 0.642. The number of hydrogen-bond donors (Lipinski definition) is 1. The molecule has 1 saturated heterocycles. The minimum Gasteiger partial charge on any atom is -0.489 e. The first-order valence-corrected chi connectivity index (χ1v) is 4.68. The molecule has 1 N–H and O–H groups in total. The lowest BCUT2D eigenvalue weighted by Gasteiger charge is -2.38. The Bertz CT molecular complexity index is 234. The van der Waals surface area contributed by atoms with E-state index in [0.717, 1.165) is 19.0 Å². The van der Waals surface area contributed by atoms with Crippen LogP contribution in [0.2, 0.25) is 0 Å². The summed E-state index contributed by atoms with van der Waals surface area (Å²) in [6.45, 7) is 4.13. The van der Waals surface area contributed by atoms with Gasteiger partial charge in [-0.05, 0) is 33.1 Å². The maximum absolute atomic E-state index is 9.55. The first kappa shape index (κ1) is 9.85. The Morgan fingerprint density at radius 3 is 2.46 bits per heavy atom. The van der Waals surface area contributed by atoms with Crippen LogP contribution < -0.4 is 0 Å². The van der Waals surface area contributed by atoms with Gasteiger partial charge >= 0.3 is 6.20 Å². The summed E-state index contributed by atoms with van der Waals surface area (Å²) in [7, 11) is 0. The molecule has 13 heavy (non-hydrogen) atoms. The molecule has 0 aliphatic carbocycles. The molecule has 1 aliphatic heterocycles. The van der Waals surface area contributed by atoms with Gasteiger partial charge in [0.05, 0.1) is 0 Å². The first-order chi connectivity index (χ1) is 6.16. The SMILES string of the molecule is C[C@@H]1CCC[C@H](C)N1/C(O)=C/[N+]#N. The Kier molecular flexibility index (Phi) is 3.13. The van der Waals surface area contributed by atoms with E-state index in [1.807, 2.05) is 4.90 Å². The second kappa shape index (κ2) is 4.13. The molecule has 1 fully saturated rings. The van der Waals surface area contributed by atoms with Gasteiger partial charge in [0.25, 0.3) is 5.88 Å². The molecule has 4 nitrogen and oxygen atoms in total. The van der Waals surface area contributed by atoms with Gasteiger partial charge in [-0.2, -0.15) is 0 Å². The second-order valence-electron chi connectivity index (χ2n) is 3.64. The molecule has 72 valence electrons. The largest absolute Gasteiger partial charge is 0.489 e. The molecule has 0 bridgehead atoms. The molecule has 1 heterocycles. The highest BCUT2D eigenvalue weighted by Crippen LogP contribution is 2.25. The number of diazo groups is 1. The van der Waals surface area contributed by atoms with Crippen LogP contribution in [0.1, 0.15) is 33.1 Å². The third kappa shape index (κ3) is 2.11. The minimum absolute atomic E-state index is 0.0576. The summed E-state index contributed by atoms with van der Waals surface area (Å²) >= 11 is 0. The van der Waals surface area contributed by atoms with Crippen LogP contribution in [0.3, 0.4) is 0 Å². The third-order valence-corrected chi connectivity index (χ3v) is 2.63. The molecule has 0 radical (unpaired) electrons. The minimum atomic E-state index is 0.0576. The molecular formula is C9H16N3O+. The van der Waals surface area contributed by atoms with Crippen molar-refractivity contribution >= 4 is 0 Å². The third-order valence-electron chi connectivity index (χ3n) is 2.63. The first-order valence-electron chi connectivity index (χ1n) is 4.68. The number of aliphatic hydroxyl groups excluding tert-OH is 1. The van der Waals surface area contributed by atoms with Crippen LogP contribution in [-0.4, -0.2) is 22.1 Å². The Labute approximate surface area is 78.5 Å². The average Bonchev–Trinajstić information content (AvgIpc) is 2.04. The predicted molar refractivity (Wildman–Crippen MR) is 50.4 cm³/mol. The molecule has 0 saturated carbocycles. The van der Waals surface area contributed by atoms with Crippen molar-refractivity contribution in [1.29, 1.82) is 5.39 Å². The van der Waals surface area contributed by atoms with E-state index in [0.29, 0.717) is 12.1 Å². The normalized spacial score (nSPS) is 29.9. The molecule has 4 heteroatoms. The van der Waals surface area contributed by atoms with Crippen molar-refractivity contribution in [3.8, 4) is 0 Å². The zero-order valence-corrected chi connectivity index (χ0v) is 8.14. The van der Waals surface area contributed by atoms with Crippen molar-refractivity contribution in [3.63, 3.8) is 0 Å². The molecule has 1 rings (SSSR count). The quantitative estimate of drug-likeness (QED) is 0.500. The molecule has 0 aromatic heterocycles. The molecule has 2 atom stereocenters. The van der Waals surface area contributed by atoms with Crippen LogP contribution in [0.5, 0.6) is 0 Å². The second-order valence-corrected chi connectivity index (χ2v) is 3.64. The Hall–Kier alpha value is -1.24. The van der Waals surface area contributed by atoms with Gasteiger partial charge < -0.3 is 10.0 Å². The van der Waals surface area contributed by atoms with Gasteiger partial charge in [-0.15, -0.1) is 0 Å². The molecule has 0 spiro atoms. The summed E-state index contributed by atoms with van der Waals surface area (Å²) in [5, 5.41) is 17.8. The van der Waals surface area contributed by atoms with Crippen LogP contribution >= 0.6 is 0 Å². The van der Waals surface area contributed by atoms with Crippen molar-refractivity contribution in [1.82, 2.24) is 4.90 Å². The van der Waals surface area contributed by atoms with Crippen molar-refractivity contribution in [2.75, 3.05) is 0 Å². The standard InChI is InChI=1S/C9H15N3O/c1-7-4-3-5-8(2)12(7)9(13)6-11-10/h6-8H,3-5H2,1-2H3/p+1/b9-6-/t7-,8+. The van der Waals surface area contributed by atoms with Gasteiger partial charge in [-0.3, -0.25) is 0 Å². The maximum atomic E-state index is 9.55. The van der Waals surface area contributed by atoms with Gasteiger partial charge in [0, 0.05) is 12.1 Å². The smallest absolute Gasteiger partial charge is 0.409 e. The number of nitrogens with zero attached hydrogens (tertiary/aromatic N) is 3.